The van der Waals surface area contributed by atoms with Crippen LogP contribution < -0.4 is 16.2 Å². The lowest BCUT2D eigenvalue weighted by atomic mass is 10.1. The summed E-state index contributed by atoms with van der Waals surface area (Å²) in [5, 5.41) is 11.7. The van der Waals surface area contributed by atoms with Crippen molar-refractivity contribution in [3.05, 3.63) is 35.9 Å². The molecule has 1 fully saturated rings. The molecule has 0 radical (unpaired) electrons. The van der Waals surface area contributed by atoms with E-state index in [-0.39, 0.29) is 18.0 Å². The van der Waals surface area contributed by atoms with Crippen molar-refractivity contribution >= 4 is 5.91 Å². The molecule has 1 saturated heterocycles. The van der Waals surface area contributed by atoms with E-state index >= 15 is 0 Å². The summed E-state index contributed by atoms with van der Waals surface area (Å²) in [5.41, 5.74) is 6.69. The summed E-state index contributed by atoms with van der Waals surface area (Å²) in [4.78, 5) is 11.7. The largest absolute Gasteiger partial charge is 0.338 e. The zero-order valence-electron chi connectivity index (χ0n) is 9.31. The van der Waals surface area contributed by atoms with Crippen molar-refractivity contribution in [1.82, 2.24) is 16.2 Å². The van der Waals surface area contributed by atoms with Crippen LogP contribution in [-0.2, 0) is 11.2 Å². The van der Waals surface area contributed by atoms with E-state index in [9.17, 15) is 4.79 Å². The van der Waals surface area contributed by atoms with E-state index in [1.807, 2.05) is 30.3 Å². The van der Waals surface area contributed by atoms with Gasteiger partial charge in [0.15, 0.2) is 0 Å². The number of carbonyl (C=O) groups excluding carboxylic acids is 1. The SMILES string of the molecule is N#CC1CNNC1NC(=O)Cc1ccccc1. The van der Waals surface area contributed by atoms with Crippen LogP contribution in [0.15, 0.2) is 30.3 Å². The molecule has 0 saturated carbocycles. The third-order valence-corrected chi connectivity index (χ3v) is 2.67. The molecule has 0 aromatic heterocycles. The average molecular weight is 230 g/mol. The minimum Gasteiger partial charge on any atom is -0.338 e. The van der Waals surface area contributed by atoms with Crippen LogP contribution >= 0.6 is 0 Å². The number of nitrogens with zero attached hydrogens (tertiary/aromatic N) is 1. The van der Waals surface area contributed by atoms with Gasteiger partial charge in [0.1, 0.15) is 6.17 Å². The third kappa shape index (κ3) is 3.03. The summed E-state index contributed by atoms with van der Waals surface area (Å²) in [6.07, 6.45) is 0.0215. The molecule has 1 aliphatic heterocycles. The van der Waals surface area contributed by atoms with Gasteiger partial charge in [0.25, 0.3) is 0 Å². The van der Waals surface area contributed by atoms with Crippen LogP contribution in [0.1, 0.15) is 5.56 Å². The van der Waals surface area contributed by atoms with Crippen molar-refractivity contribution < 1.29 is 4.79 Å². The molecule has 0 aliphatic carbocycles. The minimum absolute atomic E-state index is 0.0855. The first-order valence-electron chi connectivity index (χ1n) is 5.51. The van der Waals surface area contributed by atoms with Gasteiger partial charge >= 0.3 is 0 Å². The molecule has 2 unspecified atom stereocenters. The van der Waals surface area contributed by atoms with E-state index in [0.29, 0.717) is 13.0 Å². The molecule has 1 aliphatic rings. The Morgan fingerprint density at radius 1 is 1.47 bits per heavy atom. The fraction of sp³-hybridized carbons (Fsp3) is 0.333. The van der Waals surface area contributed by atoms with Gasteiger partial charge in [-0.05, 0) is 5.56 Å². The maximum atomic E-state index is 11.7. The Bertz CT molecular complexity index is 426. The second kappa shape index (κ2) is 5.43. The number of hydrogen-bond acceptors (Lipinski definition) is 4. The van der Waals surface area contributed by atoms with Crippen molar-refractivity contribution in [3.8, 4) is 6.07 Å². The molecule has 5 nitrogen and oxygen atoms in total. The van der Waals surface area contributed by atoms with Gasteiger partial charge in [-0.2, -0.15) is 5.26 Å². The number of carbonyl (C=O) groups is 1. The van der Waals surface area contributed by atoms with Gasteiger partial charge in [0.2, 0.25) is 5.91 Å². The number of hydrogen-bond donors (Lipinski definition) is 3. The molecule has 1 amide bonds. The van der Waals surface area contributed by atoms with Gasteiger partial charge in [-0.25, -0.2) is 5.43 Å². The van der Waals surface area contributed by atoms with Crippen LogP contribution in [0.3, 0.4) is 0 Å². The molecule has 88 valence electrons. The highest BCUT2D eigenvalue weighted by Gasteiger charge is 2.27. The molecule has 1 aromatic rings. The lowest BCUT2D eigenvalue weighted by Gasteiger charge is -2.14. The third-order valence-electron chi connectivity index (χ3n) is 2.67. The van der Waals surface area contributed by atoms with Crippen LogP contribution in [-0.4, -0.2) is 18.6 Å². The molecule has 2 atom stereocenters. The topological polar surface area (TPSA) is 77.0 Å². The second-order valence-corrected chi connectivity index (χ2v) is 3.97. The number of rotatable bonds is 3. The monoisotopic (exact) mass is 230 g/mol. The number of hydrazine groups is 1. The van der Waals surface area contributed by atoms with Gasteiger partial charge in [0, 0.05) is 6.54 Å². The van der Waals surface area contributed by atoms with Crippen LogP contribution in [0.25, 0.3) is 0 Å². The quantitative estimate of drug-likeness (QED) is 0.678. The molecule has 3 N–H and O–H groups in total. The molecule has 1 aromatic carbocycles. The van der Waals surface area contributed by atoms with Gasteiger partial charge in [-0.15, -0.1) is 0 Å². The summed E-state index contributed by atoms with van der Waals surface area (Å²) < 4.78 is 0. The van der Waals surface area contributed by atoms with E-state index in [1.165, 1.54) is 0 Å². The zero-order valence-corrected chi connectivity index (χ0v) is 9.31. The molecule has 0 spiro atoms. The first kappa shape index (κ1) is 11.6. The van der Waals surface area contributed by atoms with Crippen LogP contribution in [0.4, 0.5) is 0 Å². The van der Waals surface area contributed by atoms with E-state index in [0.717, 1.165) is 5.56 Å². The number of nitriles is 1. The maximum absolute atomic E-state index is 11.7. The molecule has 5 heteroatoms. The van der Waals surface area contributed by atoms with Crippen molar-refractivity contribution in [1.29, 1.82) is 5.26 Å². The zero-order chi connectivity index (χ0) is 12.1. The van der Waals surface area contributed by atoms with Crippen LogP contribution in [0.5, 0.6) is 0 Å². The van der Waals surface area contributed by atoms with Gasteiger partial charge in [0.05, 0.1) is 18.4 Å². The van der Waals surface area contributed by atoms with E-state index in [2.05, 4.69) is 22.2 Å². The second-order valence-electron chi connectivity index (χ2n) is 3.97. The number of benzene rings is 1. The normalized spacial score (nSPS) is 23.0. The highest BCUT2D eigenvalue weighted by Crippen LogP contribution is 2.04. The van der Waals surface area contributed by atoms with Gasteiger partial charge < -0.3 is 5.32 Å². The fourth-order valence-corrected chi connectivity index (χ4v) is 1.76. The lowest BCUT2D eigenvalue weighted by molar-refractivity contribution is -0.121. The molecule has 17 heavy (non-hydrogen) atoms. The predicted molar refractivity (Wildman–Crippen MR) is 62.3 cm³/mol. The Morgan fingerprint density at radius 2 is 2.24 bits per heavy atom. The lowest BCUT2D eigenvalue weighted by Crippen LogP contribution is -2.47. The highest BCUT2D eigenvalue weighted by molar-refractivity contribution is 5.78. The van der Waals surface area contributed by atoms with Crippen LogP contribution in [0.2, 0.25) is 0 Å². The molecular formula is C12H14N4O. The fourth-order valence-electron chi connectivity index (χ4n) is 1.76. The molecule has 1 heterocycles. The van der Waals surface area contributed by atoms with Crippen molar-refractivity contribution in [2.75, 3.05) is 6.54 Å². The van der Waals surface area contributed by atoms with Crippen molar-refractivity contribution in [2.24, 2.45) is 5.92 Å². The number of amides is 1. The first-order valence-corrected chi connectivity index (χ1v) is 5.51. The Kier molecular flexibility index (Phi) is 3.70. The summed E-state index contributed by atoms with van der Waals surface area (Å²) in [7, 11) is 0. The number of nitrogens with one attached hydrogen (secondary N) is 3. The Balaban J connectivity index is 1.88. The standard InChI is InChI=1S/C12H14N4O/c13-7-10-8-14-16-12(10)15-11(17)6-9-4-2-1-3-5-9/h1-5,10,12,14,16H,6,8H2,(H,15,17). The Hall–Kier alpha value is -1.90. The van der Waals surface area contributed by atoms with Crippen LogP contribution in [0, 0.1) is 17.2 Å². The predicted octanol–water partition coefficient (Wildman–Crippen LogP) is -0.0810. The van der Waals surface area contributed by atoms with E-state index < -0.39 is 0 Å². The Labute approximate surface area is 99.8 Å². The molecular weight excluding hydrogens is 216 g/mol. The summed E-state index contributed by atoms with van der Waals surface area (Å²) in [6.45, 7) is 0.548. The van der Waals surface area contributed by atoms with Crippen molar-refractivity contribution in [2.45, 2.75) is 12.6 Å². The minimum atomic E-state index is -0.309. The highest BCUT2D eigenvalue weighted by atomic mass is 16.1. The smallest absolute Gasteiger partial charge is 0.225 e. The molecule has 2 rings (SSSR count). The van der Waals surface area contributed by atoms with Crippen molar-refractivity contribution in [3.63, 3.8) is 0 Å². The van der Waals surface area contributed by atoms with E-state index in [1.54, 1.807) is 0 Å². The summed E-state index contributed by atoms with van der Waals surface area (Å²) in [6, 6.07) is 11.7. The van der Waals surface area contributed by atoms with Gasteiger partial charge in [-0.3, -0.25) is 10.2 Å². The average Bonchev–Trinajstić information content (AvgIpc) is 2.77. The summed E-state index contributed by atoms with van der Waals surface area (Å²) >= 11 is 0. The Morgan fingerprint density at radius 3 is 2.94 bits per heavy atom. The van der Waals surface area contributed by atoms with Gasteiger partial charge in [-0.1, -0.05) is 30.3 Å². The first-order chi connectivity index (χ1) is 8.29. The van der Waals surface area contributed by atoms with E-state index in [4.69, 9.17) is 5.26 Å². The maximum Gasteiger partial charge on any atom is 0.225 e. The molecule has 0 bridgehead atoms. The summed E-state index contributed by atoms with van der Waals surface area (Å²) in [5.74, 6) is -0.313.